The predicted molar refractivity (Wildman–Crippen MR) is 118 cm³/mol. The first-order valence-electron chi connectivity index (χ1n) is 10.6. The third-order valence-corrected chi connectivity index (χ3v) is 4.32. The molecule has 0 radical (unpaired) electrons. The molecule has 0 aliphatic heterocycles. The van der Waals surface area contributed by atoms with Crippen LogP contribution in [-0.4, -0.2) is 38.9 Å². The van der Waals surface area contributed by atoms with Crippen LogP contribution in [0.5, 0.6) is 23.0 Å². The van der Waals surface area contributed by atoms with E-state index < -0.39 is 0 Å². The molecule has 0 saturated carbocycles. The van der Waals surface area contributed by atoms with Crippen molar-refractivity contribution in [1.29, 1.82) is 0 Å². The Hall–Kier alpha value is -2.89. The Morgan fingerprint density at radius 3 is 1.70 bits per heavy atom. The van der Waals surface area contributed by atoms with Gasteiger partial charge in [-0.2, -0.15) is 0 Å². The van der Waals surface area contributed by atoms with Crippen molar-refractivity contribution in [3.05, 3.63) is 47.5 Å². The summed E-state index contributed by atoms with van der Waals surface area (Å²) in [7, 11) is 0. The van der Waals surface area contributed by atoms with Crippen LogP contribution in [0.1, 0.15) is 38.8 Å². The Labute approximate surface area is 179 Å². The maximum Gasteiger partial charge on any atom is 0.224 e. The SMILES string of the molecule is CCOc1ccc(CCN[14C](=O)Cc2ccc(OCC)c(OCC)c2)cc1OCC. The first-order chi connectivity index (χ1) is 14.6. The Bertz CT molecular complexity index is 806. The zero-order chi connectivity index (χ0) is 21.8. The molecule has 6 heteroatoms. The molecule has 0 fully saturated rings. The second-order valence-corrected chi connectivity index (χ2v) is 6.57. The minimum atomic E-state index is -0.0300. The average molecular weight is 418 g/mol. The largest absolute Gasteiger partial charge is 0.490 e. The van der Waals surface area contributed by atoms with Crippen molar-refractivity contribution < 1.29 is 23.7 Å². The summed E-state index contributed by atoms with van der Waals surface area (Å²) in [6.45, 7) is 10.6. The molecular formula is C24H33NO5. The highest BCUT2D eigenvalue weighted by molar-refractivity contribution is 5.78. The molecule has 0 heterocycles. The van der Waals surface area contributed by atoms with E-state index in [4.69, 9.17) is 18.9 Å². The Morgan fingerprint density at radius 1 is 0.700 bits per heavy atom. The van der Waals surface area contributed by atoms with Crippen LogP contribution in [0.15, 0.2) is 36.4 Å². The Kier molecular flexibility index (Phi) is 9.84. The highest BCUT2D eigenvalue weighted by Gasteiger charge is 2.10. The van der Waals surface area contributed by atoms with Crippen molar-refractivity contribution in [3.8, 4) is 23.0 Å². The average Bonchev–Trinajstić information content (AvgIpc) is 2.72. The molecule has 1 N–H and O–H groups in total. The molecule has 6 nitrogen and oxygen atoms in total. The van der Waals surface area contributed by atoms with Gasteiger partial charge in [0.05, 0.1) is 32.8 Å². The van der Waals surface area contributed by atoms with Crippen molar-refractivity contribution >= 4 is 5.91 Å². The lowest BCUT2D eigenvalue weighted by molar-refractivity contribution is -0.120. The van der Waals surface area contributed by atoms with Gasteiger partial charge in [0.1, 0.15) is 0 Å². The topological polar surface area (TPSA) is 66.0 Å². The van der Waals surface area contributed by atoms with Crippen molar-refractivity contribution in [2.75, 3.05) is 33.0 Å². The number of hydrogen-bond acceptors (Lipinski definition) is 5. The van der Waals surface area contributed by atoms with Crippen LogP contribution in [0.3, 0.4) is 0 Å². The monoisotopic (exact) mass is 417 g/mol. The smallest absolute Gasteiger partial charge is 0.224 e. The number of rotatable bonds is 13. The summed E-state index contributed by atoms with van der Waals surface area (Å²) in [5.74, 6) is 2.82. The quantitative estimate of drug-likeness (QED) is 0.530. The summed E-state index contributed by atoms with van der Waals surface area (Å²) in [6.07, 6.45) is 1.01. The lowest BCUT2D eigenvalue weighted by Crippen LogP contribution is -2.27. The molecule has 0 aliphatic carbocycles. The second-order valence-electron chi connectivity index (χ2n) is 6.57. The molecule has 0 unspecified atom stereocenters. The first-order valence-corrected chi connectivity index (χ1v) is 10.6. The van der Waals surface area contributed by atoms with Crippen LogP contribution in [-0.2, 0) is 17.6 Å². The fourth-order valence-corrected chi connectivity index (χ4v) is 3.05. The minimum Gasteiger partial charge on any atom is -0.490 e. The summed E-state index contributed by atoms with van der Waals surface area (Å²) in [5, 5.41) is 2.98. The number of carbonyl (C=O) groups is 1. The molecule has 1 amide bonds. The fourth-order valence-electron chi connectivity index (χ4n) is 3.05. The number of carbonyl (C=O) groups excluding carboxylic acids is 1. The summed E-state index contributed by atoms with van der Waals surface area (Å²) in [4.78, 5) is 12.4. The van der Waals surface area contributed by atoms with Gasteiger partial charge < -0.3 is 24.3 Å². The van der Waals surface area contributed by atoms with E-state index in [1.807, 2.05) is 64.1 Å². The van der Waals surface area contributed by atoms with Crippen molar-refractivity contribution in [2.45, 2.75) is 40.5 Å². The normalized spacial score (nSPS) is 10.4. The summed E-state index contributed by atoms with van der Waals surface area (Å²) >= 11 is 0. The standard InChI is InChI=1S/C24H33NO5/c1-5-27-20-11-9-18(15-22(20)29-7-3)13-14-25-24(26)17-19-10-12-21(28-6-2)23(16-19)30-8-4/h9-12,15-16H,5-8,13-14,17H2,1-4H3,(H,25,26)/i24+2. The van der Waals surface area contributed by atoms with E-state index >= 15 is 0 Å². The van der Waals surface area contributed by atoms with E-state index in [1.54, 1.807) is 0 Å². The maximum absolute atomic E-state index is 12.4. The van der Waals surface area contributed by atoms with Gasteiger partial charge in [-0.1, -0.05) is 12.1 Å². The molecule has 0 aromatic heterocycles. The fraction of sp³-hybridized carbons (Fsp3) is 0.458. The molecule has 30 heavy (non-hydrogen) atoms. The predicted octanol–water partition coefficient (Wildman–Crippen LogP) is 4.18. The van der Waals surface area contributed by atoms with Crippen molar-refractivity contribution in [3.63, 3.8) is 0 Å². The van der Waals surface area contributed by atoms with Crippen molar-refractivity contribution in [2.24, 2.45) is 0 Å². The molecule has 164 valence electrons. The van der Waals surface area contributed by atoms with Crippen LogP contribution in [0.2, 0.25) is 0 Å². The summed E-state index contributed by atoms with van der Waals surface area (Å²) < 4.78 is 22.4. The van der Waals surface area contributed by atoms with Gasteiger partial charge in [0, 0.05) is 6.54 Å². The van der Waals surface area contributed by atoms with Gasteiger partial charge in [-0.05, 0) is 69.5 Å². The Balaban J connectivity index is 1.90. The van der Waals surface area contributed by atoms with Crippen LogP contribution in [0.25, 0.3) is 0 Å². The van der Waals surface area contributed by atoms with Crippen LogP contribution in [0.4, 0.5) is 0 Å². The lowest BCUT2D eigenvalue weighted by Gasteiger charge is -2.13. The number of benzene rings is 2. The zero-order valence-electron chi connectivity index (χ0n) is 18.5. The zero-order valence-corrected chi connectivity index (χ0v) is 18.5. The minimum absolute atomic E-state index is 0.0300. The first kappa shape index (κ1) is 23.4. The number of nitrogens with one attached hydrogen (secondary N) is 1. The molecule has 2 rings (SSSR count). The van der Waals surface area contributed by atoms with Crippen LogP contribution in [0, 0.1) is 0 Å². The van der Waals surface area contributed by atoms with E-state index in [0.29, 0.717) is 57.3 Å². The van der Waals surface area contributed by atoms with Gasteiger partial charge in [0.25, 0.3) is 0 Å². The van der Waals surface area contributed by atoms with Gasteiger partial charge >= 0.3 is 0 Å². The molecule has 0 atom stereocenters. The molecule has 2 aromatic rings. The molecule has 0 saturated heterocycles. The van der Waals surface area contributed by atoms with E-state index in [0.717, 1.165) is 22.6 Å². The third kappa shape index (κ3) is 7.17. The molecule has 0 spiro atoms. The highest BCUT2D eigenvalue weighted by atomic mass is 16.5. The Morgan fingerprint density at radius 2 is 1.17 bits per heavy atom. The summed E-state index contributed by atoms with van der Waals surface area (Å²) in [5.41, 5.74) is 1.97. The van der Waals surface area contributed by atoms with Gasteiger partial charge in [-0.25, -0.2) is 0 Å². The second kappa shape index (κ2) is 12.6. The van der Waals surface area contributed by atoms with E-state index in [1.165, 1.54) is 0 Å². The number of amides is 1. The number of hydrogen-bond donors (Lipinski definition) is 1. The van der Waals surface area contributed by atoms with Crippen molar-refractivity contribution in [1.82, 2.24) is 5.32 Å². The van der Waals surface area contributed by atoms with Gasteiger partial charge in [0.15, 0.2) is 23.0 Å². The summed E-state index contributed by atoms with van der Waals surface area (Å²) in [6, 6.07) is 11.5. The van der Waals surface area contributed by atoms with Crippen LogP contribution >= 0.6 is 0 Å². The van der Waals surface area contributed by atoms with Crippen LogP contribution < -0.4 is 24.3 Å². The van der Waals surface area contributed by atoms with Gasteiger partial charge in [-0.15, -0.1) is 0 Å². The lowest BCUT2D eigenvalue weighted by atomic mass is 10.1. The maximum atomic E-state index is 12.4. The van der Waals surface area contributed by atoms with E-state index in [2.05, 4.69) is 5.32 Å². The number of ether oxygens (including phenoxy) is 4. The van der Waals surface area contributed by atoms with Gasteiger partial charge in [-0.3, -0.25) is 4.79 Å². The van der Waals surface area contributed by atoms with E-state index in [9.17, 15) is 4.79 Å². The molecule has 0 aliphatic rings. The molecular weight excluding hydrogens is 384 g/mol. The highest BCUT2D eigenvalue weighted by Crippen LogP contribution is 2.29. The molecule has 2 aromatic carbocycles. The molecule has 0 bridgehead atoms. The van der Waals surface area contributed by atoms with E-state index in [-0.39, 0.29) is 5.91 Å². The third-order valence-electron chi connectivity index (χ3n) is 4.32. The van der Waals surface area contributed by atoms with Gasteiger partial charge in [0.2, 0.25) is 5.91 Å².